The van der Waals surface area contributed by atoms with Gasteiger partial charge in [-0.05, 0) is 24.7 Å². The molecule has 6 heteroatoms. The number of hydrogen-bond acceptors (Lipinski definition) is 5. The third kappa shape index (κ3) is 7.72. The lowest BCUT2D eigenvalue weighted by Crippen LogP contribution is -2.18. The molecule has 1 amide bonds. The maximum atomic E-state index is 11.6. The van der Waals surface area contributed by atoms with Crippen LogP contribution in [0.3, 0.4) is 0 Å². The van der Waals surface area contributed by atoms with Crippen molar-refractivity contribution in [3.63, 3.8) is 0 Å². The molecule has 0 bridgehead atoms. The third-order valence-electron chi connectivity index (χ3n) is 2.76. The van der Waals surface area contributed by atoms with Crippen LogP contribution in [0.25, 0.3) is 0 Å². The van der Waals surface area contributed by atoms with Crippen molar-refractivity contribution in [3.05, 3.63) is 29.8 Å². The molecule has 0 heterocycles. The van der Waals surface area contributed by atoms with E-state index in [0.717, 1.165) is 22.8 Å². The monoisotopic (exact) mass is 310 g/mol. The fourth-order valence-electron chi connectivity index (χ4n) is 1.65. The highest BCUT2D eigenvalue weighted by Crippen LogP contribution is 2.17. The number of nitrogens with one attached hydrogen (secondary N) is 2. The van der Waals surface area contributed by atoms with Crippen LogP contribution in [0.15, 0.2) is 24.3 Å². The molecule has 0 atom stereocenters. The lowest BCUT2D eigenvalue weighted by atomic mass is 10.2. The summed E-state index contributed by atoms with van der Waals surface area (Å²) in [5.41, 5.74) is 1.93. The van der Waals surface area contributed by atoms with Gasteiger partial charge in [-0.15, -0.1) is 0 Å². The number of methoxy groups -OCH3 is 1. The van der Waals surface area contributed by atoms with Crippen LogP contribution in [0.5, 0.6) is 0 Å². The van der Waals surface area contributed by atoms with E-state index in [-0.39, 0.29) is 11.9 Å². The number of amides is 1. The van der Waals surface area contributed by atoms with E-state index in [1.807, 2.05) is 31.3 Å². The van der Waals surface area contributed by atoms with Crippen LogP contribution in [0, 0.1) is 0 Å². The van der Waals surface area contributed by atoms with Gasteiger partial charge in [-0.2, -0.15) is 11.8 Å². The lowest BCUT2D eigenvalue weighted by Gasteiger charge is -2.07. The molecular weight excluding hydrogens is 288 g/mol. The van der Waals surface area contributed by atoms with Crippen LogP contribution >= 0.6 is 11.8 Å². The summed E-state index contributed by atoms with van der Waals surface area (Å²) in [7, 11) is 3.21. The van der Waals surface area contributed by atoms with E-state index in [0.29, 0.717) is 19.4 Å². The zero-order chi connectivity index (χ0) is 15.5. The summed E-state index contributed by atoms with van der Waals surface area (Å²) in [6.07, 6.45) is 0.871. The summed E-state index contributed by atoms with van der Waals surface area (Å²) in [5.74, 6) is 1.34. The Balaban J connectivity index is 2.38. The first-order valence-corrected chi connectivity index (χ1v) is 7.99. The molecule has 0 aliphatic heterocycles. The Morgan fingerprint density at radius 1 is 1.29 bits per heavy atom. The van der Waals surface area contributed by atoms with Crippen molar-refractivity contribution in [2.24, 2.45) is 0 Å². The maximum absolute atomic E-state index is 11.6. The van der Waals surface area contributed by atoms with Crippen molar-refractivity contribution in [1.82, 2.24) is 5.32 Å². The Morgan fingerprint density at radius 2 is 2.10 bits per heavy atom. The number of anilines is 1. The van der Waals surface area contributed by atoms with Crippen molar-refractivity contribution in [3.8, 4) is 0 Å². The normalized spacial score (nSPS) is 10.2. The van der Waals surface area contributed by atoms with Crippen molar-refractivity contribution >= 4 is 29.3 Å². The molecule has 0 radical (unpaired) electrons. The minimum absolute atomic E-state index is 0.000144. The predicted octanol–water partition coefficient (Wildman–Crippen LogP) is 2.03. The molecule has 116 valence electrons. The van der Waals surface area contributed by atoms with Gasteiger partial charge in [-0.1, -0.05) is 12.1 Å². The average Bonchev–Trinajstić information content (AvgIpc) is 2.49. The summed E-state index contributed by atoms with van der Waals surface area (Å²) < 4.78 is 4.59. The molecule has 0 aliphatic carbocycles. The van der Waals surface area contributed by atoms with E-state index in [4.69, 9.17) is 0 Å². The van der Waals surface area contributed by atoms with E-state index in [2.05, 4.69) is 15.4 Å². The Morgan fingerprint density at radius 3 is 2.81 bits per heavy atom. The summed E-state index contributed by atoms with van der Waals surface area (Å²) in [5, 5.41) is 5.81. The first-order valence-electron chi connectivity index (χ1n) is 6.83. The fourth-order valence-corrected chi connectivity index (χ4v) is 2.52. The van der Waals surface area contributed by atoms with Crippen LogP contribution in [-0.2, 0) is 20.1 Å². The molecular formula is C15H22N2O3S. The average molecular weight is 310 g/mol. The Hall–Kier alpha value is -1.53. The van der Waals surface area contributed by atoms with Crippen molar-refractivity contribution in [2.45, 2.75) is 18.6 Å². The van der Waals surface area contributed by atoms with Crippen molar-refractivity contribution < 1.29 is 14.3 Å². The minimum atomic E-state index is -0.187. The first-order chi connectivity index (χ1) is 10.2. The SMILES string of the molecule is CNCCC(=O)Nc1cccc(CSCCC(=O)OC)c1. The fraction of sp³-hybridized carbons (Fsp3) is 0.467. The second kappa shape index (κ2) is 10.2. The number of benzene rings is 1. The molecule has 5 nitrogen and oxygen atoms in total. The summed E-state index contributed by atoms with van der Waals surface area (Å²) in [6.45, 7) is 0.662. The third-order valence-corrected chi connectivity index (χ3v) is 3.79. The van der Waals surface area contributed by atoms with E-state index in [1.165, 1.54) is 7.11 Å². The van der Waals surface area contributed by atoms with Gasteiger partial charge in [0.1, 0.15) is 0 Å². The molecule has 0 aromatic heterocycles. The summed E-state index contributed by atoms with van der Waals surface area (Å²) >= 11 is 1.67. The number of carbonyl (C=O) groups excluding carboxylic acids is 2. The van der Waals surface area contributed by atoms with E-state index >= 15 is 0 Å². The standard InChI is InChI=1S/C15H22N2O3S/c1-16-8-6-14(18)17-13-5-3-4-12(10-13)11-21-9-7-15(19)20-2/h3-5,10,16H,6-9,11H2,1-2H3,(H,17,18). The molecule has 0 saturated heterocycles. The van der Waals surface area contributed by atoms with Crippen molar-refractivity contribution in [1.29, 1.82) is 0 Å². The van der Waals surface area contributed by atoms with Crippen LogP contribution < -0.4 is 10.6 Å². The number of ether oxygens (including phenoxy) is 1. The van der Waals surface area contributed by atoms with E-state index in [9.17, 15) is 9.59 Å². The van der Waals surface area contributed by atoms with Crippen molar-refractivity contribution in [2.75, 3.05) is 31.8 Å². The second-order valence-electron chi connectivity index (χ2n) is 4.48. The van der Waals surface area contributed by atoms with Gasteiger partial charge < -0.3 is 15.4 Å². The van der Waals surface area contributed by atoms with E-state index < -0.39 is 0 Å². The number of esters is 1. The summed E-state index contributed by atoms with van der Waals surface area (Å²) in [4.78, 5) is 22.6. The van der Waals surface area contributed by atoms with Crippen LogP contribution in [0.4, 0.5) is 5.69 Å². The Labute approximate surface area is 129 Å². The topological polar surface area (TPSA) is 67.4 Å². The molecule has 1 aromatic carbocycles. The Kier molecular flexibility index (Phi) is 8.54. The zero-order valence-electron chi connectivity index (χ0n) is 12.5. The van der Waals surface area contributed by atoms with Gasteiger partial charge in [0.2, 0.25) is 5.91 Å². The highest BCUT2D eigenvalue weighted by Gasteiger charge is 2.03. The molecule has 2 N–H and O–H groups in total. The summed E-state index contributed by atoms with van der Waals surface area (Å²) in [6, 6.07) is 7.76. The number of thioether (sulfide) groups is 1. The van der Waals surface area contributed by atoms with Gasteiger partial charge in [0.15, 0.2) is 0 Å². The molecule has 0 unspecified atom stereocenters. The number of hydrogen-bond donors (Lipinski definition) is 2. The highest BCUT2D eigenvalue weighted by molar-refractivity contribution is 7.98. The van der Waals surface area contributed by atoms with Crippen LogP contribution in [0.2, 0.25) is 0 Å². The molecule has 0 saturated carbocycles. The molecule has 0 aliphatic rings. The Bertz CT molecular complexity index is 466. The highest BCUT2D eigenvalue weighted by atomic mass is 32.2. The quantitative estimate of drug-likeness (QED) is 0.539. The predicted molar refractivity (Wildman–Crippen MR) is 86.4 cm³/mol. The van der Waals surface area contributed by atoms with Crippen LogP contribution in [0.1, 0.15) is 18.4 Å². The maximum Gasteiger partial charge on any atom is 0.306 e. The minimum Gasteiger partial charge on any atom is -0.469 e. The van der Waals surface area contributed by atoms with Gasteiger partial charge >= 0.3 is 5.97 Å². The molecule has 0 fully saturated rings. The van der Waals surface area contributed by atoms with Gasteiger partial charge in [-0.25, -0.2) is 0 Å². The van der Waals surface area contributed by atoms with Crippen LogP contribution in [-0.4, -0.2) is 38.3 Å². The molecule has 21 heavy (non-hydrogen) atoms. The second-order valence-corrected chi connectivity index (χ2v) is 5.59. The van der Waals surface area contributed by atoms with Gasteiger partial charge in [0.05, 0.1) is 13.5 Å². The van der Waals surface area contributed by atoms with E-state index in [1.54, 1.807) is 11.8 Å². The first kappa shape index (κ1) is 17.5. The van der Waals surface area contributed by atoms with Gasteiger partial charge in [-0.3, -0.25) is 9.59 Å². The molecule has 0 spiro atoms. The largest absolute Gasteiger partial charge is 0.469 e. The smallest absolute Gasteiger partial charge is 0.306 e. The zero-order valence-corrected chi connectivity index (χ0v) is 13.3. The number of carbonyl (C=O) groups is 2. The van der Waals surface area contributed by atoms with Gasteiger partial charge in [0, 0.05) is 30.2 Å². The van der Waals surface area contributed by atoms with Gasteiger partial charge in [0.25, 0.3) is 0 Å². The lowest BCUT2D eigenvalue weighted by molar-refractivity contribution is -0.140. The molecule has 1 rings (SSSR count). The molecule has 1 aromatic rings. The number of rotatable bonds is 9.